The van der Waals surface area contributed by atoms with Crippen LogP contribution in [0.3, 0.4) is 0 Å². The van der Waals surface area contributed by atoms with Gasteiger partial charge in [0.15, 0.2) is 0 Å². The van der Waals surface area contributed by atoms with Crippen molar-refractivity contribution in [3.63, 3.8) is 0 Å². The Balaban J connectivity index is 2.26. The maximum Gasteiger partial charge on any atom is 0.304 e. The summed E-state index contributed by atoms with van der Waals surface area (Å²) in [6.45, 7) is 0.398. The van der Waals surface area contributed by atoms with E-state index in [9.17, 15) is 13.2 Å². The number of aromatic nitrogens is 1. The fourth-order valence-corrected chi connectivity index (χ4v) is 4.04. The van der Waals surface area contributed by atoms with Gasteiger partial charge in [0.1, 0.15) is 0 Å². The van der Waals surface area contributed by atoms with Crippen LogP contribution in [-0.4, -0.2) is 41.0 Å². The van der Waals surface area contributed by atoms with Crippen molar-refractivity contribution >= 4 is 16.0 Å². The number of carboxylic acid groups (broad SMARTS) is 1. The number of aryl methyl sites for hydroxylation is 1. The highest BCUT2D eigenvalue weighted by molar-refractivity contribution is 7.89. The Labute approximate surface area is 106 Å². The highest BCUT2D eigenvalue weighted by atomic mass is 32.2. The van der Waals surface area contributed by atoms with Gasteiger partial charge < -0.3 is 9.67 Å². The number of sulfonamides is 1. The van der Waals surface area contributed by atoms with Crippen molar-refractivity contribution in [3.8, 4) is 0 Å². The summed E-state index contributed by atoms with van der Waals surface area (Å²) in [6.07, 6.45) is 4.38. The van der Waals surface area contributed by atoms with Gasteiger partial charge in [0.25, 0.3) is 0 Å². The highest BCUT2D eigenvalue weighted by Crippen LogP contribution is 2.27. The zero-order valence-corrected chi connectivity index (χ0v) is 10.9. The fraction of sp³-hybridized carbons (Fsp3) is 0.545. The zero-order chi connectivity index (χ0) is 13.3. The minimum absolute atomic E-state index is 0.133. The van der Waals surface area contributed by atoms with E-state index in [0.29, 0.717) is 19.4 Å². The molecule has 0 spiro atoms. The third-order valence-electron chi connectivity index (χ3n) is 3.14. The van der Waals surface area contributed by atoms with Crippen LogP contribution in [0, 0.1) is 0 Å². The molecule has 0 bridgehead atoms. The Morgan fingerprint density at radius 1 is 1.56 bits per heavy atom. The third-order valence-corrected chi connectivity index (χ3v) is 5.08. The largest absolute Gasteiger partial charge is 0.481 e. The number of nitrogens with zero attached hydrogens (tertiary/aromatic N) is 2. The number of hydrogen-bond acceptors (Lipinski definition) is 3. The molecule has 2 heterocycles. The van der Waals surface area contributed by atoms with E-state index < -0.39 is 22.0 Å². The predicted octanol–water partition coefficient (Wildman–Crippen LogP) is 0.653. The molecule has 1 aromatic rings. The molecular formula is C11H16N2O4S. The van der Waals surface area contributed by atoms with Crippen molar-refractivity contribution in [1.82, 2.24) is 8.87 Å². The van der Waals surface area contributed by atoms with Gasteiger partial charge in [-0.1, -0.05) is 0 Å². The molecule has 0 radical (unpaired) electrons. The van der Waals surface area contributed by atoms with E-state index in [-0.39, 0.29) is 11.3 Å². The molecule has 0 aliphatic carbocycles. The molecule has 1 unspecified atom stereocenters. The first-order chi connectivity index (χ1) is 8.41. The lowest BCUT2D eigenvalue weighted by Crippen LogP contribution is -2.36. The van der Waals surface area contributed by atoms with Crippen LogP contribution < -0.4 is 0 Å². The van der Waals surface area contributed by atoms with Crippen molar-refractivity contribution < 1.29 is 18.3 Å². The first kappa shape index (κ1) is 13.1. The van der Waals surface area contributed by atoms with Crippen LogP contribution in [0.1, 0.15) is 19.3 Å². The van der Waals surface area contributed by atoms with Gasteiger partial charge in [-0.2, -0.15) is 4.31 Å². The molecule has 1 aromatic heterocycles. The van der Waals surface area contributed by atoms with E-state index in [2.05, 4.69) is 0 Å². The molecule has 1 fully saturated rings. The van der Waals surface area contributed by atoms with Crippen LogP contribution in [0.5, 0.6) is 0 Å². The molecule has 100 valence electrons. The Kier molecular flexibility index (Phi) is 3.45. The average molecular weight is 272 g/mol. The Bertz CT molecular complexity index is 549. The summed E-state index contributed by atoms with van der Waals surface area (Å²) in [5.41, 5.74) is 0. The SMILES string of the molecule is Cn1ccc(S(=O)(=O)N2CCCC2CC(=O)O)c1. The number of aliphatic carboxylic acids is 1. The molecule has 7 heteroatoms. The standard InChI is InChI=1S/C11H16N2O4S/c1-12-6-4-10(8-12)18(16,17)13-5-2-3-9(13)7-11(14)15/h4,6,8-9H,2-3,5,7H2,1H3,(H,14,15). The van der Waals surface area contributed by atoms with Gasteiger partial charge in [0.2, 0.25) is 10.0 Å². The molecule has 1 atom stereocenters. The van der Waals surface area contributed by atoms with Crippen molar-refractivity contribution in [2.45, 2.75) is 30.2 Å². The minimum atomic E-state index is -3.56. The van der Waals surface area contributed by atoms with Crippen molar-refractivity contribution in [3.05, 3.63) is 18.5 Å². The summed E-state index contributed by atoms with van der Waals surface area (Å²) in [7, 11) is -1.82. The molecule has 1 aliphatic rings. The maximum absolute atomic E-state index is 12.4. The molecule has 18 heavy (non-hydrogen) atoms. The van der Waals surface area contributed by atoms with Gasteiger partial charge in [-0.15, -0.1) is 0 Å². The van der Waals surface area contributed by atoms with Gasteiger partial charge in [-0.05, 0) is 18.9 Å². The second kappa shape index (κ2) is 4.74. The smallest absolute Gasteiger partial charge is 0.304 e. The summed E-state index contributed by atoms with van der Waals surface area (Å²) in [5.74, 6) is -0.963. The van der Waals surface area contributed by atoms with Crippen molar-refractivity contribution in [2.24, 2.45) is 7.05 Å². The van der Waals surface area contributed by atoms with E-state index in [0.717, 1.165) is 0 Å². The van der Waals surface area contributed by atoms with E-state index in [1.54, 1.807) is 17.8 Å². The van der Waals surface area contributed by atoms with Gasteiger partial charge in [-0.25, -0.2) is 8.42 Å². The van der Waals surface area contributed by atoms with Crippen molar-refractivity contribution in [2.75, 3.05) is 6.54 Å². The van der Waals surface area contributed by atoms with Gasteiger partial charge in [0, 0.05) is 32.0 Å². The predicted molar refractivity (Wildman–Crippen MR) is 64.6 cm³/mol. The fourth-order valence-electron chi connectivity index (χ4n) is 2.30. The van der Waals surface area contributed by atoms with Crippen LogP contribution in [0.15, 0.2) is 23.4 Å². The molecule has 6 nitrogen and oxygen atoms in total. The lowest BCUT2D eigenvalue weighted by atomic mass is 10.2. The lowest BCUT2D eigenvalue weighted by Gasteiger charge is -2.22. The maximum atomic E-state index is 12.4. The number of carboxylic acids is 1. The highest BCUT2D eigenvalue weighted by Gasteiger charge is 2.36. The van der Waals surface area contributed by atoms with Crippen LogP contribution >= 0.6 is 0 Å². The normalized spacial score (nSPS) is 21.3. The quantitative estimate of drug-likeness (QED) is 0.873. The van der Waals surface area contributed by atoms with E-state index in [1.807, 2.05) is 0 Å². The summed E-state index contributed by atoms with van der Waals surface area (Å²) < 4.78 is 27.7. The van der Waals surface area contributed by atoms with E-state index in [4.69, 9.17) is 5.11 Å². The molecule has 0 saturated carbocycles. The topological polar surface area (TPSA) is 79.6 Å². The van der Waals surface area contributed by atoms with Gasteiger partial charge in [0.05, 0.1) is 11.3 Å². The summed E-state index contributed by atoms with van der Waals surface area (Å²) in [4.78, 5) is 11.0. The summed E-state index contributed by atoms with van der Waals surface area (Å²) in [5, 5.41) is 8.81. The number of rotatable bonds is 4. The first-order valence-corrected chi connectivity index (χ1v) is 7.21. The monoisotopic (exact) mass is 272 g/mol. The molecule has 1 N–H and O–H groups in total. The molecule has 0 aromatic carbocycles. The Hall–Kier alpha value is -1.34. The van der Waals surface area contributed by atoms with Crippen LogP contribution in [-0.2, 0) is 21.9 Å². The van der Waals surface area contributed by atoms with Gasteiger partial charge in [-0.3, -0.25) is 4.79 Å². The molecule has 1 saturated heterocycles. The summed E-state index contributed by atoms with van der Waals surface area (Å²) in [6, 6.07) is 1.11. The molecule has 0 amide bonds. The van der Waals surface area contributed by atoms with Crippen LogP contribution in [0.25, 0.3) is 0 Å². The van der Waals surface area contributed by atoms with E-state index in [1.165, 1.54) is 16.6 Å². The molecule has 2 rings (SSSR count). The number of carbonyl (C=O) groups is 1. The molecular weight excluding hydrogens is 256 g/mol. The summed E-state index contributed by atoms with van der Waals surface area (Å²) >= 11 is 0. The Morgan fingerprint density at radius 2 is 2.28 bits per heavy atom. The average Bonchev–Trinajstić information content (AvgIpc) is 2.86. The minimum Gasteiger partial charge on any atom is -0.481 e. The van der Waals surface area contributed by atoms with Crippen molar-refractivity contribution in [1.29, 1.82) is 0 Å². The molecule has 1 aliphatic heterocycles. The van der Waals surface area contributed by atoms with Gasteiger partial charge >= 0.3 is 5.97 Å². The second-order valence-corrected chi connectivity index (χ2v) is 6.41. The Morgan fingerprint density at radius 3 is 2.83 bits per heavy atom. The zero-order valence-electron chi connectivity index (χ0n) is 10.1. The second-order valence-electron chi connectivity index (χ2n) is 4.52. The van der Waals surface area contributed by atoms with E-state index >= 15 is 0 Å². The van der Waals surface area contributed by atoms with Crippen LogP contribution in [0.4, 0.5) is 0 Å². The van der Waals surface area contributed by atoms with Crippen LogP contribution in [0.2, 0.25) is 0 Å². The lowest BCUT2D eigenvalue weighted by molar-refractivity contribution is -0.137. The third kappa shape index (κ3) is 2.41. The first-order valence-electron chi connectivity index (χ1n) is 5.77. The number of hydrogen-bond donors (Lipinski definition) is 1.